The zero-order valence-electron chi connectivity index (χ0n) is 5.94. The van der Waals surface area contributed by atoms with Crippen molar-refractivity contribution in [1.82, 2.24) is 4.98 Å². The molecular weight excluding hydrogens is 211 g/mol. The van der Waals surface area contributed by atoms with Gasteiger partial charge in [-0.2, -0.15) is 13.2 Å². The molecule has 0 saturated carbocycles. The van der Waals surface area contributed by atoms with E-state index in [2.05, 4.69) is 0 Å². The predicted molar refractivity (Wildman–Crippen MR) is 38.7 cm³/mol. The second-order valence-corrected chi connectivity index (χ2v) is 2.59. The summed E-state index contributed by atoms with van der Waals surface area (Å²) in [6.07, 6.45) is -4.75. The Morgan fingerprint density at radius 3 is 2.46 bits per heavy atom. The maximum Gasteiger partial charge on any atom is 0.418 e. The highest BCUT2D eigenvalue weighted by Crippen LogP contribution is 2.36. The SMILES string of the molecule is O=c1cc(C(F)(F)F)c(Cl)c(O)[nH]1. The smallest absolute Gasteiger partial charge is 0.418 e. The van der Waals surface area contributed by atoms with E-state index < -0.39 is 28.2 Å². The van der Waals surface area contributed by atoms with Crippen LogP contribution in [0, 0.1) is 0 Å². The average Bonchev–Trinajstić information content (AvgIpc) is 1.94. The first-order valence-electron chi connectivity index (χ1n) is 3.01. The molecule has 2 N–H and O–H groups in total. The van der Waals surface area contributed by atoms with Gasteiger partial charge in [-0.25, -0.2) is 0 Å². The Bertz CT molecular complexity index is 384. The van der Waals surface area contributed by atoms with E-state index in [1.165, 1.54) is 0 Å². The fourth-order valence-electron chi connectivity index (χ4n) is 0.736. The Morgan fingerprint density at radius 2 is 2.00 bits per heavy atom. The standard InChI is InChI=1S/C6H3ClF3NO2/c7-4-2(6(8,9)10)1-3(12)11-5(4)13/h1H,(H2,11,12,13). The number of alkyl halides is 3. The molecular formula is C6H3ClF3NO2. The van der Waals surface area contributed by atoms with Gasteiger partial charge in [-0.1, -0.05) is 11.6 Å². The number of aromatic amines is 1. The van der Waals surface area contributed by atoms with E-state index in [1.807, 2.05) is 0 Å². The van der Waals surface area contributed by atoms with Crippen molar-refractivity contribution in [2.24, 2.45) is 0 Å². The van der Waals surface area contributed by atoms with Crippen molar-refractivity contribution in [3.8, 4) is 5.88 Å². The molecule has 72 valence electrons. The molecule has 0 unspecified atom stereocenters. The highest BCUT2D eigenvalue weighted by Gasteiger charge is 2.35. The van der Waals surface area contributed by atoms with Crippen molar-refractivity contribution in [3.63, 3.8) is 0 Å². The first-order valence-corrected chi connectivity index (χ1v) is 3.39. The van der Waals surface area contributed by atoms with E-state index in [4.69, 9.17) is 16.7 Å². The second kappa shape index (κ2) is 2.95. The Morgan fingerprint density at radius 1 is 1.46 bits per heavy atom. The van der Waals surface area contributed by atoms with E-state index in [1.54, 1.807) is 4.98 Å². The molecule has 0 radical (unpaired) electrons. The molecule has 7 heteroatoms. The summed E-state index contributed by atoms with van der Waals surface area (Å²) < 4.78 is 36.2. The monoisotopic (exact) mass is 213 g/mol. The molecule has 0 bridgehead atoms. The van der Waals surface area contributed by atoms with E-state index in [0.717, 1.165) is 0 Å². The summed E-state index contributed by atoms with van der Waals surface area (Å²) >= 11 is 5.11. The molecule has 1 rings (SSSR count). The van der Waals surface area contributed by atoms with Crippen LogP contribution in [0.4, 0.5) is 13.2 Å². The van der Waals surface area contributed by atoms with Crippen molar-refractivity contribution in [3.05, 3.63) is 27.0 Å². The van der Waals surface area contributed by atoms with Crippen molar-refractivity contribution >= 4 is 11.6 Å². The first-order chi connectivity index (χ1) is 5.82. The quantitative estimate of drug-likeness (QED) is 0.690. The summed E-state index contributed by atoms with van der Waals surface area (Å²) in [5.74, 6) is -0.985. The number of hydrogen-bond donors (Lipinski definition) is 2. The molecule has 0 spiro atoms. The maximum absolute atomic E-state index is 12.1. The van der Waals surface area contributed by atoms with E-state index in [9.17, 15) is 18.0 Å². The number of halogens is 4. The summed E-state index contributed by atoms with van der Waals surface area (Å²) in [7, 11) is 0. The van der Waals surface area contributed by atoms with Crippen molar-refractivity contribution in [2.45, 2.75) is 6.18 Å². The van der Waals surface area contributed by atoms with Crippen molar-refractivity contribution < 1.29 is 18.3 Å². The fraction of sp³-hybridized carbons (Fsp3) is 0.167. The normalized spacial score (nSPS) is 11.7. The predicted octanol–water partition coefficient (Wildman–Crippen LogP) is 1.75. The van der Waals surface area contributed by atoms with Crippen LogP contribution in [-0.4, -0.2) is 10.1 Å². The topological polar surface area (TPSA) is 53.1 Å². The molecule has 0 amide bonds. The summed E-state index contributed by atoms with van der Waals surface area (Å²) in [4.78, 5) is 12.3. The molecule has 0 fully saturated rings. The molecule has 1 aromatic rings. The molecule has 3 nitrogen and oxygen atoms in total. The highest BCUT2D eigenvalue weighted by molar-refractivity contribution is 6.32. The number of pyridine rings is 1. The van der Waals surface area contributed by atoms with Gasteiger partial charge in [0, 0.05) is 6.07 Å². The average molecular weight is 214 g/mol. The Hall–Kier alpha value is -1.17. The number of aromatic nitrogens is 1. The van der Waals surface area contributed by atoms with Crippen LogP contribution in [0.2, 0.25) is 5.02 Å². The minimum atomic E-state index is -4.75. The van der Waals surface area contributed by atoms with E-state index in [-0.39, 0.29) is 6.07 Å². The van der Waals surface area contributed by atoms with E-state index in [0.29, 0.717) is 0 Å². The van der Waals surface area contributed by atoms with Gasteiger partial charge in [-0.05, 0) is 0 Å². The van der Waals surface area contributed by atoms with Gasteiger partial charge >= 0.3 is 6.18 Å². The molecule has 0 aromatic carbocycles. The molecule has 0 aliphatic heterocycles. The summed E-state index contributed by atoms with van der Waals surface area (Å²) in [6, 6.07) is 0.280. The third kappa shape index (κ3) is 1.95. The lowest BCUT2D eigenvalue weighted by molar-refractivity contribution is -0.137. The summed E-state index contributed by atoms with van der Waals surface area (Å²) in [5, 5.41) is 7.85. The van der Waals surface area contributed by atoms with Crippen LogP contribution in [0.1, 0.15) is 5.56 Å². The molecule has 1 heterocycles. The third-order valence-corrected chi connectivity index (χ3v) is 1.65. The Labute approximate surface area is 74.8 Å². The minimum Gasteiger partial charge on any atom is -0.493 e. The van der Waals surface area contributed by atoms with Crippen LogP contribution in [0.3, 0.4) is 0 Å². The lowest BCUT2D eigenvalue weighted by Gasteiger charge is -2.08. The largest absolute Gasteiger partial charge is 0.493 e. The summed E-state index contributed by atoms with van der Waals surface area (Å²) in [6.45, 7) is 0. The highest BCUT2D eigenvalue weighted by atomic mass is 35.5. The third-order valence-electron chi connectivity index (χ3n) is 1.27. The van der Waals surface area contributed by atoms with Crippen LogP contribution in [-0.2, 0) is 6.18 Å². The van der Waals surface area contributed by atoms with Crippen LogP contribution >= 0.6 is 11.6 Å². The van der Waals surface area contributed by atoms with Crippen LogP contribution in [0.5, 0.6) is 5.88 Å². The first kappa shape index (κ1) is 9.91. The van der Waals surface area contributed by atoms with Crippen LogP contribution in [0.15, 0.2) is 10.9 Å². The van der Waals surface area contributed by atoms with E-state index >= 15 is 0 Å². The number of rotatable bonds is 0. The zero-order chi connectivity index (χ0) is 10.2. The van der Waals surface area contributed by atoms with Gasteiger partial charge in [-0.3, -0.25) is 9.78 Å². The Kier molecular flexibility index (Phi) is 2.25. The summed E-state index contributed by atoms with van der Waals surface area (Å²) in [5.41, 5.74) is -2.41. The number of H-pyrrole nitrogens is 1. The Balaban J connectivity index is 3.46. The number of aromatic hydroxyl groups is 1. The lowest BCUT2D eigenvalue weighted by Crippen LogP contribution is -2.13. The fourth-order valence-corrected chi connectivity index (χ4v) is 0.945. The molecule has 0 saturated heterocycles. The molecule has 1 aromatic heterocycles. The molecule has 0 aliphatic carbocycles. The molecule has 13 heavy (non-hydrogen) atoms. The van der Waals surface area contributed by atoms with Gasteiger partial charge < -0.3 is 5.11 Å². The van der Waals surface area contributed by atoms with Gasteiger partial charge in [0.05, 0.1) is 5.56 Å². The number of nitrogens with one attached hydrogen (secondary N) is 1. The van der Waals surface area contributed by atoms with Crippen LogP contribution in [0.25, 0.3) is 0 Å². The van der Waals surface area contributed by atoms with Crippen LogP contribution < -0.4 is 5.56 Å². The maximum atomic E-state index is 12.1. The van der Waals surface area contributed by atoms with Gasteiger partial charge in [0.1, 0.15) is 5.02 Å². The number of hydrogen-bond acceptors (Lipinski definition) is 2. The van der Waals surface area contributed by atoms with Gasteiger partial charge in [-0.15, -0.1) is 0 Å². The van der Waals surface area contributed by atoms with Gasteiger partial charge in [0.15, 0.2) is 0 Å². The lowest BCUT2D eigenvalue weighted by atomic mass is 10.2. The zero-order valence-corrected chi connectivity index (χ0v) is 6.70. The van der Waals surface area contributed by atoms with Gasteiger partial charge in [0.2, 0.25) is 5.88 Å². The second-order valence-electron chi connectivity index (χ2n) is 2.21. The molecule has 0 aliphatic rings. The minimum absolute atomic E-state index is 0.280. The molecule has 0 atom stereocenters. The van der Waals surface area contributed by atoms with Gasteiger partial charge in [0.25, 0.3) is 5.56 Å². The van der Waals surface area contributed by atoms with Crippen molar-refractivity contribution in [2.75, 3.05) is 0 Å². The van der Waals surface area contributed by atoms with Crippen molar-refractivity contribution in [1.29, 1.82) is 0 Å².